The summed E-state index contributed by atoms with van der Waals surface area (Å²) in [6.07, 6.45) is 6.87. The molecule has 0 radical (unpaired) electrons. The molecule has 1 fully saturated rings. The van der Waals surface area contributed by atoms with Crippen LogP contribution in [-0.4, -0.2) is 22.9 Å². The van der Waals surface area contributed by atoms with Gasteiger partial charge in [-0.15, -0.1) is 0 Å². The maximum Gasteiger partial charge on any atom is 0.0596 e. The molecule has 1 aliphatic carbocycles. The molecule has 19 heavy (non-hydrogen) atoms. The monoisotopic (exact) mass is 263 g/mol. The topological polar surface area (TPSA) is 29.9 Å². The molecule has 3 heteroatoms. The molecule has 0 amide bonds. The predicted molar refractivity (Wildman–Crippen MR) is 80.3 cm³/mol. The van der Waals surface area contributed by atoms with Crippen molar-refractivity contribution in [3.63, 3.8) is 0 Å². The molecule has 1 aliphatic rings. The second kappa shape index (κ2) is 7.09. The van der Waals surface area contributed by atoms with Crippen molar-refractivity contribution >= 4 is 0 Å². The Morgan fingerprint density at radius 2 is 2.00 bits per heavy atom. The number of nitrogens with zero attached hydrogens (tertiary/aromatic N) is 2. The zero-order valence-corrected chi connectivity index (χ0v) is 12.8. The third-order valence-electron chi connectivity index (χ3n) is 4.40. The minimum atomic E-state index is 0.921. The Bertz CT molecular complexity index is 375. The van der Waals surface area contributed by atoms with Gasteiger partial charge < -0.3 is 5.32 Å². The van der Waals surface area contributed by atoms with E-state index < -0.39 is 0 Å². The molecule has 0 atom stereocenters. The first-order chi connectivity index (χ1) is 9.15. The lowest BCUT2D eigenvalue weighted by Gasteiger charge is -2.26. The molecule has 0 unspecified atom stereocenters. The Labute approximate surface area is 117 Å². The smallest absolute Gasteiger partial charge is 0.0596 e. The van der Waals surface area contributed by atoms with E-state index in [-0.39, 0.29) is 0 Å². The fraction of sp³-hybridized carbons (Fsp3) is 0.812. The quantitative estimate of drug-likeness (QED) is 0.798. The Balaban J connectivity index is 1.56. The van der Waals surface area contributed by atoms with E-state index in [9.17, 15) is 0 Å². The maximum absolute atomic E-state index is 4.49. The highest BCUT2D eigenvalue weighted by Gasteiger charge is 2.17. The molecule has 1 aromatic heterocycles. The van der Waals surface area contributed by atoms with Gasteiger partial charge in [0.1, 0.15) is 0 Å². The van der Waals surface area contributed by atoms with Crippen molar-refractivity contribution < 1.29 is 0 Å². The lowest BCUT2D eigenvalue weighted by molar-refractivity contribution is 0.281. The van der Waals surface area contributed by atoms with E-state index in [4.69, 9.17) is 0 Å². The van der Waals surface area contributed by atoms with Crippen LogP contribution in [0.5, 0.6) is 0 Å². The predicted octanol–water partition coefficient (Wildman–Crippen LogP) is 3.31. The van der Waals surface area contributed by atoms with Crippen LogP contribution in [0, 0.1) is 25.7 Å². The van der Waals surface area contributed by atoms with Gasteiger partial charge in [-0.1, -0.05) is 19.8 Å². The molecule has 0 aliphatic heterocycles. The molecular formula is C16H29N3. The third-order valence-corrected chi connectivity index (χ3v) is 4.40. The molecule has 1 N–H and O–H groups in total. The van der Waals surface area contributed by atoms with E-state index in [1.807, 2.05) is 0 Å². The summed E-state index contributed by atoms with van der Waals surface area (Å²) >= 11 is 0. The van der Waals surface area contributed by atoms with E-state index in [0.29, 0.717) is 0 Å². The molecule has 2 rings (SSSR count). The summed E-state index contributed by atoms with van der Waals surface area (Å²) in [5.41, 5.74) is 2.40. The minimum absolute atomic E-state index is 0.921. The van der Waals surface area contributed by atoms with Gasteiger partial charge in [-0.3, -0.25) is 4.68 Å². The van der Waals surface area contributed by atoms with E-state index in [1.165, 1.54) is 44.3 Å². The Kier molecular flexibility index (Phi) is 5.44. The van der Waals surface area contributed by atoms with Crippen LogP contribution in [0.2, 0.25) is 0 Å². The average molecular weight is 263 g/mol. The lowest BCUT2D eigenvalue weighted by atomic mass is 9.83. The molecule has 1 aromatic rings. The highest BCUT2D eigenvalue weighted by atomic mass is 15.3. The van der Waals surface area contributed by atoms with Crippen molar-refractivity contribution in [2.45, 2.75) is 59.4 Å². The molecule has 0 saturated heterocycles. The summed E-state index contributed by atoms with van der Waals surface area (Å²) in [4.78, 5) is 0. The van der Waals surface area contributed by atoms with Gasteiger partial charge in [0.15, 0.2) is 0 Å². The minimum Gasteiger partial charge on any atom is -0.316 e. The van der Waals surface area contributed by atoms with Gasteiger partial charge in [-0.05, 0) is 64.1 Å². The zero-order valence-electron chi connectivity index (χ0n) is 12.8. The zero-order chi connectivity index (χ0) is 13.7. The van der Waals surface area contributed by atoms with Crippen LogP contribution >= 0.6 is 0 Å². The summed E-state index contributed by atoms with van der Waals surface area (Å²) in [5.74, 6) is 1.88. The summed E-state index contributed by atoms with van der Waals surface area (Å²) in [5, 5.41) is 8.12. The van der Waals surface area contributed by atoms with Crippen LogP contribution in [-0.2, 0) is 6.54 Å². The first kappa shape index (κ1) is 14.6. The van der Waals surface area contributed by atoms with Crippen LogP contribution in [0.25, 0.3) is 0 Å². The SMILES string of the molecule is Cc1cc(C)n(CCCNCC2CCC(C)CC2)n1. The fourth-order valence-electron chi connectivity index (χ4n) is 3.09. The van der Waals surface area contributed by atoms with Gasteiger partial charge in [-0.25, -0.2) is 0 Å². The summed E-state index contributed by atoms with van der Waals surface area (Å²) in [6.45, 7) is 9.95. The van der Waals surface area contributed by atoms with Crippen LogP contribution < -0.4 is 5.32 Å². The largest absolute Gasteiger partial charge is 0.316 e. The van der Waals surface area contributed by atoms with Crippen LogP contribution in [0.3, 0.4) is 0 Å². The van der Waals surface area contributed by atoms with Crippen molar-refractivity contribution in [2.24, 2.45) is 11.8 Å². The molecule has 0 bridgehead atoms. The maximum atomic E-state index is 4.49. The number of aryl methyl sites for hydroxylation is 3. The number of aromatic nitrogens is 2. The van der Waals surface area contributed by atoms with Crippen molar-refractivity contribution in [1.82, 2.24) is 15.1 Å². The van der Waals surface area contributed by atoms with Gasteiger partial charge in [-0.2, -0.15) is 5.10 Å². The van der Waals surface area contributed by atoms with Gasteiger partial charge in [0, 0.05) is 12.2 Å². The molecule has 0 aromatic carbocycles. The van der Waals surface area contributed by atoms with Gasteiger partial charge >= 0.3 is 0 Å². The van der Waals surface area contributed by atoms with E-state index in [0.717, 1.165) is 30.6 Å². The third kappa shape index (κ3) is 4.64. The second-order valence-corrected chi connectivity index (χ2v) is 6.33. The molecule has 1 saturated carbocycles. The van der Waals surface area contributed by atoms with E-state index in [1.54, 1.807) is 0 Å². The Morgan fingerprint density at radius 3 is 2.63 bits per heavy atom. The number of rotatable bonds is 6. The standard InChI is InChI=1S/C16H29N3/c1-13-5-7-16(8-6-13)12-17-9-4-10-19-15(3)11-14(2)18-19/h11,13,16-17H,4-10,12H2,1-3H3. The molecular weight excluding hydrogens is 234 g/mol. The summed E-state index contributed by atoms with van der Waals surface area (Å²) in [7, 11) is 0. The van der Waals surface area contributed by atoms with Gasteiger partial charge in [0.2, 0.25) is 0 Å². The number of nitrogens with one attached hydrogen (secondary N) is 1. The highest BCUT2D eigenvalue weighted by Crippen LogP contribution is 2.27. The average Bonchev–Trinajstić information content (AvgIpc) is 2.70. The lowest BCUT2D eigenvalue weighted by Crippen LogP contribution is -2.27. The van der Waals surface area contributed by atoms with Gasteiger partial charge in [0.25, 0.3) is 0 Å². The van der Waals surface area contributed by atoms with Crippen molar-refractivity contribution in [2.75, 3.05) is 13.1 Å². The van der Waals surface area contributed by atoms with Crippen molar-refractivity contribution in [1.29, 1.82) is 0 Å². The number of hydrogen-bond donors (Lipinski definition) is 1. The van der Waals surface area contributed by atoms with Crippen molar-refractivity contribution in [3.8, 4) is 0 Å². The Hall–Kier alpha value is -0.830. The number of hydrogen-bond acceptors (Lipinski definition) is 2. The van der Waals surface area contributed by atoms with Crippen LogP contribution in [0.1, 0.15) is 50.4 Å². The van der Waals surface area contributed by atoms with E-state index in [2.05, 4.69) is 41.9 Å². The normalized spacial score (nSPS) is 23.7. The van der Waals surface area contributed by atoms with Crippen LogP contribution in [0.4, 0.5) is 0 Å². The highest BCUT2D eigenvalue weighted by molar-refractivity contribution is 5.06. The van der Waals surface area contributed by atoms with Crippen LogP contribution in [0.15, 0.2) is 6.07 Å². The molecule has 108 valence electrons. The van der Waals surface area contributed by atoms with Gasteiger partial charge in [0.05, 0.1) is 5.69 Å². The molecule has 3 nitrogen and oxygen atoms in total. The second-order valence-electron chi connectivity index (χ2n) is 6.33. The summed E-state index contributed by atoms with van der Waals surface area (Å²) in [6, 6.07) is 2.15. The molecule has 0 spiro atoms. The van der Waals surface area contributed by atoms with E-state index >= 15 is 0 Å². The first-order valence-electron chi connectivity index (χ1n) is 7.87. The van der Waals surface area contributed by atoms with Crippen molar-refractivity contribution in [3.05, 3.63) is 17.5 Å². The molecule has 1 heterocycles. The fourth-order valence-corrected chi connectivity index (χ4v) is 3.09. The summed E-state index contributed by atoms with van der Waals surface area (Å²) < 4.78 is 2.12. The first-order valence-corrected chi connectivity index (χ1v) is 7.87. The Morgan fingerprint density at radius 1 is 1.26 bits per heavy atom.